The first-order valence-electron chi connectivity index (χ1n) is 10.6. The molecule has 2 aliphatic rings. The van der Waals surface area contributed by atoms with Gasteiger partial charge in [0.15, 0.2) is 5.78 Å². The summed E-state index contributed by atoms with van der Waals surface area (Å²) in [7, 11) is 0. The Labute approximate surface area is 166 Å². The van der Waals surface area contributed by atoms with Gasteiger partial charge in [-0.3, -0.25) is 9.59 Å². The van der Waals surface area contributed by atoms with Crippen LogP contribution >= 0.6 is 0 Å². The zero-order valence-corrected chi connectivity index (χ0v) is 18.3. The SMILES string of the molecule is CC1=CCCC(C)(C)C1C=CC(=O)CC(=O)CCC1=C(C)CCCC1(C)C. The zero-order valence-electron chi connectivity index (χ0n) is 18.3. The highest BCUT2D eigenvalue weighted by Crippen LogP contribution is 2.43. The van der Waals surface area contributed by atoms with Crippen LogP contribution < -0.4 is 0 Å². The van der Waals surface area contributed by atoms with E-state index in [4.69, 9.17) is 0 Å². The highest BCUT2D eigenvalue weighted by molar-refractivity contribution is 6.04. The molecule has 0 saturated carbocycles. The van der Waals surface area contributed by atoms with Gasteiger partial charge in [0.25, 0.3) is 0 Å². The molecule has 0 saturated heterocycles. The number of hydrogen-bond acceptors (Lipinski definition) is 2. The van der Waals surface area contributed by atoms with Gasteiger partial charge >= 0.3 is 0 Å². The van der Waals surface area contributed by atoms with Crippen molar-refractivity contribution in [2.75, 3.05) is 0 Å². The Kier molecular flexibility index (Phi) is 7.05. The molecule has 0 bridgehead atoms. The first-order chi connectivity index (χ1) is 12.5. The fourth-order valence-electron chi connectivity index (χ4n) is 5.02. The van der Waals surface area contributed by atoms with Gasteiger partial charge in [0.2, 0.25) is 0 Å². The molecule has 0 heterocycles. The van der Waals surface area contributed by atoms with Crippen molar-refractivity contribution in [3.05, 3.63) is 34.9 Å². The molecule has 0 aromatic carbocycles. The summed E-state index contributed by atoms with van der Waals surface area (Å²) in [5, 5.41) is 0. The molecule has 1 unspecified atom stereocenters. The standard InChI is InChI=1S/C25H38O2/c1-18-9-7-15-24(3,4)22(18)13-11-20(26)17-21(27)12-14-23-19(2)10-8-16-25(23,5)6/h9,11,13,22H,7-8,10,12,14-17H2,1-6H3. The summed E-state index contributed by atoms with van der Waals surface area (Å²) in [5.74, 6) is 0.311. The van der Waals surface area contributed by atoms with Crippen LogP contribution in [0.2, 0.25) is 0 Å². The lowest BCUT2D eigenvalue weighted by molar-refractivity contribution is -0.124. The molecule has 150 valence electrons. The second-order valence-corrected chi connectivity index (χ2v) is 9.99. The summed E-state index contributed by atoms with van der Waals surface area (Å²) in [6.07, 6.45) is 13.1. The van der Waals surface area contributed by atoms with Crippen LogP contribution in [0.15, 0.2) is 34.9 Å². The van der Waals surface area contributed by atoms with E-state index in [1.165, 1.54) is 29.6 Å². The predicted octanol–water partition coefficient (Wildman–Crippen LogP) is 6.76. The largest absolute Gasteiger partial charge is 0.299 e. The number of Topliss-reactive ketones (excluding diaryl/α,β-unsaturated/α-hetero) is 1. The van der Waals surface area contributed by atoms with Crippen molar-refractivity contribution >= 4 is 11.6 Å². The molecule has 1 atom stereocenters. The Morgan fingerprint density at radius 2 is 1.85 bits per heavy atom. The minimum absolute atomic E-state index is 0.0408. The molecule has 0 spiro atoms. The molecular formula is C25H38O2. The molecule has 0 N–H and O–H groups in total. The van der Waals surface area contributed by atoms with Crippen LogP contribution in [0.1, 0.15) is 92.9 Å². The van der Waals surface area contributed by atoms with E-state index in [9.17, 15) is 9.59 Å². The van der Waals surface area contributed by atoms with E-state index >= 15 is 0 Å². The monoisotopic (exact) mass is 370 g/mol. The van der Waals surface area contributed by atoms with E-state index in [1.807, 2.05) is 6.08 Å². The lowest BCUT2D eigenvalue weighted by Gasteiger charge is -2.36. The van der Waals surface area contributed by atoms with Crippen molar-refractivity contribution in [2.24, 2.45) is 16.7 Å². The Morgan fingerprint density at radius 1 is 1.15 bits per heavy atom. The average Bonchev–Trinajstić information content (AvgIpc) is 2.52. The maximum Gasteiger partial charge on any atom is 0.162 e. The summed E-state index contributed by atoms with van der Waals surface area (Å²) in [4.78, 5) is 24.7. The Bertz CT molecular complexity index is 670. The summed E-state index contributed by atoms with van der Waals surface area (Å²) in [6.45, 7) is 13.4. The van der Waals surface area contributed by atoms with Crippen molar-refractivity contribution in [2.45, 2.75) is 92.9 Å². The molecule has 0 aromatic rings. The predicted molar refractivity (Wildman–Crippen MR) is 114 cm³/mol. The van der Waals surface area contributed by atoms with E-state index in [0.717, 1.165) is 25.7 Å². The molecule has 0 fully saturated rings. The van der Waals surface area contributed by atoms with Gasteiger partial charge in [-0.05, 0) is 69.3 Å². The average molecular weight is 371 g/mol. The van der Waals surface area contributed by atoms with Gasteiger partial charge in [0.1, 0.15) is 5.78 Å². The number of hydrogen-bond donors (Lipinski definition) is 0. The van der Waals surface area contributed by atoms with Crippen molar-refractivity contribution < 1.29 is 9.59 Å². The van der Waals surface area contributed by atoms with Gasteiger partial charge in [0.05, 0.1) is 6.42 Å². The van der Waals surface area contributed by atoms with Crippen LogP contribution in [0.5, 0.6) is 0 Å². The Hall–Kier alpha value is -1.44. The van der Waals surface area contributed by atoms with Crippen LogP contribution in [-0.4, -0.2) is 11.6 Å². The lowest BCUT2D eigenvalue weighted by Crippen LogP contribution is -2.26. The number of rotatable bonds is 7. The van der Waals surface area contributed by atoms with Gasteiger partial charge in [-0.25, -0.2) is 0 Å². The third-order valence-corrected chi connectivity index (χ3v) is 6.77. The minimum atomic E-state index is -0.0530. The number of carbonyl (C=O) groups is 2. The molecule has 2 aliphatic carbocycles. The van der Waals surface area contributed by atoms with Crippen LogP contribution in [0.25, 0.3) is 0 Å². The summed E-state index contributed by atoms with van der Waals surface area (Å²) in [5.41, 5.74) is 4.60. The van der Waals surface area contributed by atoms with Gasteiger partial charge in [-0.15, -0.1) is 0 Å². The molecule has 0 aliphatic heterocycles. The Balaban J connectivity index is 1.90. The van der Waals surface area contributed by atoms with Crippen LogP contribution in [-0.2, 0) is 9.59 Å². The van der Waals surface area contributed by atoms with Crippen molar-refractivity contribution in [1.82, 2.24) is 0 Å². The Morgan fingerprint density at radius 3 is 2.48 bits per heavy atom. The van der Waals surface area contributed by atoms with Gasteiger partial charge < -0.3 is 0 Å². The quantitative estimate of drug-likeness (QED) is 0.282. The van der Waals surface area contributed by atoms with Crippen molar-refractivity contribution in [1.29, 1.82) is 0 Å². The lowest BCUT2D eigenvalue weighted by atomic mass is 9.68. The van der Waals surface area contributed by atoms with Crippen LogP contribution in [0, 0.1) is 16.7 Å². The van der Waals surface area contributed by atoms with Gasteiger partial charge in [0, 0.05) is 12.3 Å². The molecule has 0 amide bonds. The second kappa shape index (κ2) is 8.71. The molecule has 2 rings (SSSR count). The van der Waals surface area contributed by atoms with E-state index in [-0.39, 0.29) is 28.8 Å². The number of allylic oxidation sites excluding steroid dienone is 6. The highest BCUT2D eigenvalue weighted by atomic mass is 16.1. The van der Waals surface area contributed by atoms with Crippen LogP contribution in [0.4, 0.5) is 0 Å². The summed E-state index contributed by atoms with van der Waals surface area (Å²) in [6, 6.07) is 0. The maximum atomic E-state index is 12.4. The highest BCUT2D eigenvalue weighted by Gasteiger charge is 2.31. The normalized spacial score (nSPS) is 24.8. The fourth-order valence-corrected chi connectivity index (χ4v) is 5.02. The van der Waals surface area contributed by atoms with Gasteiger partial charge in [-0.1, -0.05) is 56.6 Å². The van der Waals surface area contributed by atoms with E-state index in [0.29, 0.717) is 12.3 Å². The smallest absolute Gasteiger partial charge is 0.162 e. The fraction of sp³-hybridized carbons (Fsp3) is 0.680. The molecule has 2 heteroatoms. The molecule has 2 nitrogen and oxygen atoms in total. The van der Waals surface area contributed by atoms with Crippen molar-refractivity contribution in [3.63, 3.8) is 0 Å². The molecule has 27 heavy (non-hydrogen) atoms. The first kappa shape index (κ1) is 21.9. The van der Waals surface area contributed by atoms with Gasteiger partial charge in [-0.2, -0.15) is 0 Å². The van der Waals surface area contributed by atoms with E-state index in [2.05, 4.69) is 47.6 Å². The van der Waals surface area contributed by atoms with Crippen molar-refractivity contribution in [3.8, 4) is 0 Å². The third kappa shape index (κ3) is 5.77. The summed E-state index contributed by atoms with van der Waals surface area (Å²) < 4.78 is 0. The number of carbonyl (C=O) groups excluding carboxylic acids is 2. The first-order valence-corrected chi connectivity index (χ1v) is 10.6. The molecule has 0 radical (unpaired) electrons. The van der Waals surface area contributed by atoms with Crippen LogP contribution in [0.3, 0.4) is 0 Å². The summed E-state index contributed by atoms with van der Waals surface area (Å²) >= 11 is 0. The zero-order chi connectivity index (χ0) is 20.2. The van der Waals surface area contributed by atoms with E-state index < -0.39 is 0 Å². The number of ketones is 2. The maximum absolute atomic E-state index is 12.4. The molecule has 0 aromatic heterocycles. The third-order valence-electron chi connectivity index (χ3n) is 6.77. The molecular weight excluding hydrogens is 332 g/mol. The topological polar surface area (TPSA) is 34.1 Å². The minimum Gasteiger partial charge on any atom is -0.299 e. The van der Waals surface area contributed by atoms with E-state index in [1.54, 1.807) is 6.08 Å². The second-order valence-electron chi connectivity index (χ2n) is 9.99.